The Morgan fingerprint density at radius 2 is 2.04 bits per heavy atom. The Morgan fingerprint density at radius 3 is 2.74 bits per heavy atom. The molecule has 0 radical (unpaired) electrons. The van der Waals surface area contributed by atoms with E-state index >= 15 is 0 Å². The van der Waals surface area contributed by atoms with Gasteiger partial charge >= 0.3 is 5.63 Å². The smallest absolute Gasteiger partial charge is 0.345 e. The van der Waals surface area contributed by atoms with Crippen LogP contribution >= 0.6 is 0 Å². The van der Waals surface area contributed by atoms with Gasteiger partial charge in [-0.1, -0.05) is 25.1 Å². The van der Waals surface area contributed by atoms with E-state index in [-0.39, 0.29) is 11.8 Å². The molecule has 3 rings (SSSR count). The van der Waals surface area contributed by atoms with E-state index in [0.717, 1.165) is 5.39 Å². The molecule has 1 unspecified atom stereocenters. The molecule has 1 atom stereocenters. The number of carbonyl (C=O) groups excluding carboxylic acids is 1. The average molecular weight is 311 g/mol. The van der Waals surface area contributed by atoms with Gasteiger partial charge in [0.1, 0.15) is 11.4 Å². The Kier molecular flexibility index (Phi) is 3.82. The molecule has 0 bridgehead atoms. The third kappa shape index (κ3) is 2.79. The SMILES string of the molecule is C/C(=N\N=C1\CC(C)C(=O)N1C)c1cc2ccccc2oc1=O. The van der Waals surface area contributed by atoms with Gasteiger partial charge in [0.25, 0.3) is 0 Å². The number of rotatable bonds is 2. The van der Waals surface area contributed by atoms with Gasteiger partial charge in [-0.3, -0.25) is 4.79 Å². The predicted molar refractivity (Wildman–Crippen MR) is 88.7 cm³/mol. The van der Waals surface area contributed by atoms with Crippen molar-refractivity contribution in [1.82, 2.24) is 4.90 Å². The van der Waals surface area contributed by atoms with Crippen molar-refractivity contribution in [3.63, 3.8) is 0 Å². The summed E-state index contributed by atoms with van der Waals surface area (Å²) < 4.78 is 5.29. The van der Waals surface area contributed by atoms with Gasteiger partial charge in [0, 0.05) is 24.8 Å². The molecule has 1 aliphatic heterocycles. The van der Waals surface area contributed by atoms with Crippen LogP contribution in [0.3, 0.4) is 0 Å². The zero-order valence-electron chi connectivity index (χ0n) is 13.2. The van der Waals surface area contributed by atoms with Crippen molar-refractivity contribution in [1.29, 1.82) is 0 Å². The van der Waals surface area contributed by atoms with Crippen LogP contribution < -0.4 is 5.63 Å². The largest absolute Gasteiger partial charge is 0.422 e. The van der Waals surface area contributed by atoms with E-state index in [1.807, 2.05) is 25.1 Å². The normalized spacial score (nSPS) is 20.7. The maximum absolute atomic E-state index is 12.1. The summed E-state index contributed by atoms with van der Waals surface area (Å²) in [5.74, 6) is 0.550. The third-order valence-corrected chi connectivity index (χ3v) is 3.97. The number of benzene rings is 1. The Balaban J connectivity index is 1.97. The fraction of sp³-hybridized carbons (Fsp3) is 0.294. The predicted octanol–water partition coefficient (Wildman–Crippen LogP) is 2.41. The molecule has 1 aromatic carbocycles. The highest BCUT2D eigenvalue weighted by molar-refractivity contribution is 6.06. The van der Waals surface area contributed by atoms with Crippen LogP contribution in [0.1, 0.15) is 25.8 Å². The van der Waals surface area contributed by atoms with Gasteiger partial charge in [-0.25, -0.2) is 4.79 Å². The molecule has 1 amide bonds. The van der Waals surface area contributed by atoms with E-state index in [4.69, 9.17) is 4.42 Å². The van der Waals surface area contributed by atoms with Gasteiger partial charge in [0.2, 0.25) is 5.91 Å². The van der Waals surface area contributed by atoms with Crippen LogP contribution in [-0.2, 0) is 4.79 Å². The molecule has 1 aliphatic rings. The highest BCUT2D eigenvalue weighted by Crippen LogP contribution is 2.18. The fourth-order valence-electron chi connectivity index (χ4n) is 2.56. The van der Waals surface area contributed by atoms with Gasteiger partial charge in [0.05, 0.1) is 11.3 Å². The summed E-state index contributed by atoms with van der Waals surface area (Å²) in [5, 5.41) is 9.07. The summed E-state index contributed by atoms with van der Waals surface area (Å²) in [5.41, 5.74) is 0.912. The standard InChI is InChI=1S/C17H17N3O3/c1-10-8-15(20(3)16(10)21)19-18-11(2)13-9-12-6-4-5-7-14(12)23-17(13)22/h4-7,9-10H,8H2,1-3H3/b18-11+,19-15-. The Morgan fingerprint density at radius 1 is 1.30 bits per heavy atom. The number of likely N-dealkylation sites (tertiary alicyclic amines) is 1. The molecule has 1 fully saturated rings. The van der Waals surface area contributed by atoms with Crippen LogP contribution in [0.15, 0.2) is 49.7 Å². The summed E-state index contributed by atoms with van der Waals surface area (Å²) in [6, 6.07) is 9.04. The summed E-state index contributed by atoms with van der Waals surface area (Å²) in [4.78, 5) is 25.3. The van der Waals surface area contributed by atoms with E-state index in [9.17, 15) is 9.59 Å². The molecule has 1 saturated heterocycles. The first-order valence-electron chi connectivity index (χ1n) is 7.39. The zero-order valence-corrected chi connectivity index (χ0v) is 13.2. The van der Waals surface area contributed by atoms with Gasteiger partial charge in [-0.2, -0.15) is 5.10 Å². The molecule has 0 N–H and O–H groups in total. The number of hydrogen-bond acceptors (Lipinski definition) is 5. The lowest BCUT2D eigenvalue weighted by Crippen LogP contribution is -2.25. The van der Waals surface area contributed by atoms with E-state index in [0.29, 0.717) is 29.1 Å². The third-order valence-electron chi connectivity index (χ3n) is 3.97. The van der Waals surface area contributed by atoms with Crippen molar-refractivity contribution in [3.05, 3.63) is 46.3 Å². The first-order chi connectivity index (χ1) is 11.0. The van der Waals surface area contributed by atoms with Crippen molar-refractivity contribution in [2.24, 2.45) is 16.1 Å². The minimum absolute atomic E-state index is 0.0295. The summed E-state index contributed by atoms with van der Waals surface area (Å²) in [6.07, 6.45) is 0.554. The molecular formula is C17H17N3O3. The summed E-state index contributed by atoms with van der Waals surface area (Å²) in [6.45, 7) is 3.56. The number of amides is 1. The molecule has 118 valence electrons. The number of hydrogen-bond donors (Lipinski definition) is 0. The highest BCUT2D eigenvalue weighted by Gasteiger charge is 2.31. The minimum Gasteiger partial charge on any atom is -0.422 e. The molecule has 0 saturated carbocycles. The second-order valence-electron chi connectivity index (χ2n) is 5.69. The summed E-state index contributed by atoms with van der Waals surface area (Å²) in [7, 11) is 1.68. The van der Waals surface area contributed by atoms with Crippen LogP contribution in [0.4, 0.5) is 0 Å². The molecule has 23 heavy (non-hydrogen) atoms. The quantitative estimate of drug-likeness (QED) is 0.485. The molecule has 0 aliphatic carbocycles. The molecule has 0 spiro atoms. The lowest BCUT2D eigenvalue weighted by Gasteiger charge is -2.07. The number of fused-ring (bicyclic) bond motifs is 1. The van der Waals surface area contributed by atoms with Crippen molar-refractivity contribution < 1.29 is 9.21 Å². The van der Waals surface area contributed by atoms with E-state index < -0.39 is 5.63 Å². The zero-order chi connectivity index (χ0) is 16.6. The number of para-hydroxylation sites is 1. The van der Waals surface area contributed by atoms with Gasteiger partial charge < -0.3 is 9.32 Å². The summed E-state index contributed by atoms with van der Waals surface area (Å²) >= 11 is 0. The maximum atomic E-state index is 12.1. The highest BCUT2D eigenvalue weighted by atomic mass is 16.4. The van der Waals surface area contributed by atoms with Gasteiger partial charge in [0.15, 0.2) is 0 Å². The van der Waals surface area contributed by atoms with Crippen LogP contribution in [0, 0.1) is 5.92 Å². The first kappa shape index (κ1) is 15.1. The van der Waals surface area contributed by atoms with E-state index in [2.05, 4.69) is 10.2 Å². The second-order valence-corrected chi connectivity index (χ2v) is 5.69. The molecule has 6 nitrogen and oxygen atoms in total. The molecule has 2 heterocycles. The molecular weight excluding hydrogens is 294 g/mol. The molecule has 2 aromatic rings. The minimum atomic E-state index is -0.450. The number of nitrogens with zero attached hydrogens (tertiary/aromatic N) is 3. The van der Waals surface area contributed by atoms with E-state index in [1.54, 1.807) is 26.1 Å². The lowest BCUT2D eigenvalue weighted by atomic mass is 10.1. The Hall–Kier alpha value is -2.76. The van der Waals surface area contributed by atoms with Gasteiger partial charge in [-0.05, 0) is 19.1 Å². The van der Waals surface area contributed by atoms with Crippen LogP contribution in [0.25, 0.3) is 11.0 Å². The monoisotopic (exact) mass is 311 g/mol. The second kappa shape index (κ2) is 5.79. The van der Waals surface area contributed by atoms with Gasteiger partial charge in [-0.15, -0.1) is 5.10 Å². The molecule has 6 heteroatoms. The first-order valence-corrected chi connectivity index (χ1v) is 7.39. The Labute approximate surface area is 133 Å². The fourth-order valence-corrected chi connectivity index (χ4v) is 2.56. The average Bonchev–Trinajstić information content (AvgIpc) is 2.79. The van der Waals surface area contributed by atoms with E-state index in [1.165, 1.54) is 4.90 Å². The van der Waals surface area contributed by atoms with Crippen LogP contribution in [-0.4, -0.2) is 29.4 Å². The van der Waals surface area contributed by atoms with Crippen molar-refractivity contribution in [2.45, 2.75) is 20.3 Å². The number of carbonyl (C=O) groups is 1. The van der Waals surface area contributed by atoms with Crippen LogP contribution in [0.5, 0.6) is 0 Å². The lowest BCUT2D eigenvalue weighted by molar-refractivity contribution is -0.127. The van der Waals surface area contributed by atoms with Crippen molar-refractivity contribution >= 4 is 28.4 Å². The number of amidine groups is 1. The van der Waals surface area contributed by atoms with Crippen LogP contribution in [0.2, 0.25) is 0 Å². The molecule has 1 aromatic heterocycles. The maximum Gasteiger partial charge on any atom is 0.345 e. The Bertz CT molecular complexity index is 895. The van der Waals surface area contributed by atoms with Crippen molar-refractivity contribution in [3.8, 4) is 0 Å². The van der Waals surface area contributed by atoms with Crippen molar-refractivity contribution in [2.75, 3.05) is 7.05 Å². The topological polar surface area (TPSA) is 75.2 Å².